The summed E-state index contributed by atoms with van der Waals surface area (Å²) in [6, 6.07) is 8.09. The number of benzene rings is 1. The smallest absolute Gasteiger partial charge is 0.309 e. The van der Waals surface area contributed by atoms with E-state index in [4.69, 9.17) is 5.11 Å². The monoisotopic (exact) mass is 220 g/mol. The molecule has 0 aliphatic carbocycles. The van der Waals surface area contributed by atoms with Crippen LogP contribution in [0.4, 0.5) is 0 Å². The van der Waals surface area contributed by atoms with Crippen LogP contribution in [-0.4, -0.2) is 11.1 Å². The Kier molecular flexibility index (Phi) is 3.74. The summed E-state index contributed by atoms with van der Waals surface area (Å²) in [6.07, 6.45) is 0.580. The molecular formula is C14H20O2. The first-order valence-corrected chi connectivity index (χ1v) is 5.66. The highest BCUT2D eigenvalue weighted by molar-refractivity contribution is 5.74. The third-order valence-electron chi connectivity index (χ3n) is 2.89. The third-order valence-corrected chi connectivity index (χ3v) is 2.89. The highest BCUT2D eigenvalue weighted by atomic mass is 16.4. The van der Waals surface area contributed by atoms with Gasteiger partial charge in [0.05, 0.1) is 5.41 Å². The van der Waals surface area contributed by atoms with Crippen LogP contribution in [0.15, 0.2) is 24.3 Å². The number of hydrogen-bond donors (Lipinski definition) is 1. The topological polar surface area (TPSA) is 37.3 Å². The van der Waals surface area contributed by atoms with Gasteiger partial charge in [0.15, 0.2) is 0 Å². The average molecular weight is 220 g/mol. The summed E-state index contributed by atoms with van der Waals surface area (Å²) < 4.78 is 0. The molecule has 0 aliphatic rings. The molecule has 0 aliphatic heterocycles. The third kappa shape index (κ3) is 2.84. The molecule has 0 atom stereocenters. The van der Waals surface area contributed by atoms with Gasteiger partial charge >= 0.3 is 5.97 Å². The number of aliphatic carboxylic acids is 1. The summed E-state index contributed by atoms with van der Waals surface area (Å²) in [5.41, 5.74) is 1.69. The number of carbonyl (C=O) groups is 1. The van der Waals surface area contributed by atoms with E-state index in [9.17, 15) is 4.79 Å². The number of carboxylic acids is 1. The van der Waals surface area contributed by atoms with Crippen LogP contribution in [0, 0.1) is 5.41 Å². The fourth-order valence-corrected chi connectivity index (χ4v) is 1.81. The number of carboxylic acid groups (broad SMARTS) is 1. The van der Waals surface area contributed by atoms with Crippen molar-refractivity contribution >= 4 is 5.97 Å². The molecule has 0 spiro atoms. The molecule has 0 bridgehead atoms. The molecule has 16 heavy (non-hydrogen) atoms. The molecule has 0 saturated heterocycles. The van der Waals surface area contributed by atoms with Crippen LogP contribution in [0.25, 0.3) is 0 Å². The first-order valence-electron chi connectivity index (χ1n) is 5.66. The Morgan fingerprint density at radius 3 is 2.38 bits per heavy atom. The van der Waals surface area contributed by atoms with Crippen molar-refractivity contribution in [2.75, 3.05) is 0 Å². The lowest BCUT2D eigenvalue weighted by Crippen LogP contribution is -2.26. The predicted molar refractivity (Wildman–Crippen MR) is 65.7 cm³/mol. The second-order valence-electron chi connectivity index (χ2n) is 5.22. The quantitative estimate of drug-likeness (QED) is 0.843. The van der Waals surface area contributed by atoms with Gasteiger partial charge in [0.25, 0.3) is 0 Å². The van der Waals surface area contributed by atoms with Gasteiger partial charge in [-0.15, -0.1) is 0 Å². The van der Waals surface area contributed by atoms with Crippen molar-refractivity contribution in [1.29, 1.82) is 0 Å². The van der Waals surface area contributed by atoms with E-state index in [1.54, 1.807) is 13.8 Å². The second kappa shape index (κ2) is 4.69. The van der Waals surface area contributed by atoms with Crippen molar-refractivity contribution in [3.63, 3.8) is 0 Å². The lowest BCUT2D eigenvalue weighted by Gasteiger charge is -2.22. The fourth-order valence-electron chi connectivity index (χ4n) is 1.81. The van der Waals surface area contributed by atoms with E-state index in [2.05, 4.69) is 19.9 Å². The summed E-state index contributed by atoms with van der Waals surface area (Å²) in [4.78, 5) is 11.1. The normalized spacial score (nSPS) is 11.8. The van der Waals surface area contributed by atoms with Crippen molar-refractivity contribution in [1.82, 2.24) is 0 Å². The molecule has 1 rings (SSSR count). The summed E-state index contributed by atoms with van der Waals surface area (Å²) in [6.45, 7) is 7.80. The van der Waals surface area contributed by atoms with E-state index in [0.29, 0.717) is 12.3 Å². The Morgan fingerprint density at radius 1 is 1.31 bits per heavy atom. The van der Waals surface area contributed by atoms with Crippen molar-refractivity contribution in [2.24, 2.45) is 5.41 Å². The van der Waals surface area contributed by atoms with E-state index in [1.165, 1.54) is 5.56 Å². The Hall–Kier alpha value is -1.31. The maximum absolute atomic E-state index is 11.1. The summed E-state index contributed by atoms with van der Waals surface area (Å²) in [7, 11) is 0. The maximum Gasteiger partial charge on any atom is 0.309 e. The van der Waals surface area contributed by atoms with Crippen LogP contribution >= 0.6 is 0 Å². The van der Waals surface area contributed by atoms with Crippen molar-refractivity contribution in [3.05, 3.63) is 35.4 Å². The van der Waals surface area contributed by atoms with E-state index in [1.807, 2.05) is 18.2 Å². The Morgan fingerprint density at radius 2 is 1.88 bits per heavy atom. The minimum Gasteiger partial charge on any atom is -0.481 e. The van der Waals surface area contributed by atoms with Crippen LogP contribution < -0.4 is 0 Å². The van der Waals surface area contributed by atoms with Crippen molar-refractivity contribution < 1.29 is 9.90 Å². The molecule has 2 heteroatoms. The Labute approximate surface area is 97.3 Å². The zero-order valence-corrected chi connectivity index (χ0v) is 10.4. The van der Waals surface area contributed by atoms with Crippen molar-refractivity contribution in [2.45, 2.75) is 40.0 Å². The minimum absolute atomic E-state index is 0.431. The van der Waals surface area contributed by atoms with Gasteiger partial charge in [0.2, 0.25) is 0 Å². The first-order chi connectivity index (χ1) is 7.34. The molecule has 0 amide bonds. The summed E-state index contributed by atoms with van der Waals surface area (Å²) in [5.74, 6) is -0.313. The second-order valence-corrected chi connectivity index (χ2v) is 5.22. The molecule has 2 nitrogen and oxygen atoms in total. The molecule has 0 saturated carbocycles. The Balaban J connectivity index is 3.01. The van der Waals surface area contributed by atoms with E-state index >= 15 is 0 Å². The first kappa shape index (κ1) is 12.8. The van der Waals surface area contributed by atoms with Gasteiger partial charge in [0, 0.05) is 0 Å². The fraction of sp³-hybridized carbons (Fsp3) is 0.500. The molecule has 0 fully saturated rings. The van der Waals surface area contributed by atoms with Crippen LogP contribution in [0.1, 0.15) is 44.7 Å². The van der Waals surface area contributed by atoms with E-state index in [-0.39, 0.29) is 0 Å². The van der Waals surface area contributed by atoms with Gasteiger partial charge in [-0.25, -0.2) is 0 Å². The van der Waals surface area contributed by atoms with E-state index in [0.717, 1.165) is 5.56 Å². The summed E-state index contributed by atoms with van der Waals surface area (Å²) >= 11 is 0. The summed E-state index contributed by atoms with van der Waals surface area (Å²) in [5, 5.41) is 9.13. The van der Waals surface area contributed by atoms with E-state index < -0.39 is 11.4 Å². The van der Waals surface area contributed by atoms with Gasteiger partial charge in [0.1, 0.15) is 0 Å². The Bertz CT molecular complexity index is 378. The number of hydrogen-bond acceptors (Lipinski definition) is 1. The zero-order valence-electron chi connectivity index (χ0n) is 10.4. The lowest BCUT2D eigenvalue weighted by atomic mass is 9.82. The zero-order chi connectivity index (χ0) is 12.3. The molecule has 0 radical (unpaired) electrons. The standard InChI is InChI=1S/C14H20O2/c1-10(2)12-8-6-5-7-11(12)9-14(3,4)13(15)16/h5-8,10H,9H2,1-4H3,(H,15,16). The van der Waals surface area contributed by atoms with Crippen molar-refractivity contribution in [3.8, 4) is 0 Å². The van der Waals surface area contributed by atoms with Crippen LogP contribution in [0.5, 0.6) is 0 Å². The molecular weight excluding hydrogens is 200 g/mol. The van der Waals surface area contributed by atoms with Gasteiger partial charge in [-0.1, -0.05) is 38.1 Å². The van der Waals surface area contributed by atoms with Crippen LogP contribution in [-0.2, 0) is 11.2 Å². The molecule has 0 unspecified atom stereocenters. The van der Waals surface area contributed by atoms with Gasteiger partial charge < -0.3 is 5.11 Å². The molecule has 0 heterocycles. The molecule has 1 aromatic carbocycles. The highest BCUT2D eigenvalue weighted by Crippen LogP contribution is 2.27. The van der Waals surface area contributed by atoms with Crippen LogP contribution in [0.2, 0.25) is 0 Å². The van der Waals surface area contributed by atoms with Gasteiger partial charge in [-0.05, 0) is 37.3 Å². The number of rotatable bonds is 4. The maximum atomic E-state index is 11.1. The van der Waals surface area contributed by atoms with Gasteiger partial charge in [-0.2, -0.15) is 0 Å². The highest BCUT2D eigenvalue weighted by Gasteiger charge is 2.28. The van der Waals surface area contributed by atoms with Crippen LogP contribution in [0.3, 0.4) is 0 Å². The largest absolute Gasteiger partial charge is 0.481 e. The molecule has 1 N–H and O–H groups in total. The molecule has 88 valence electrons. The molecule has 1 aromatic rings. The average Bonchev–Trinajstić information content (AvgIpc) is 2.17. The molecule has 0 aromatic heterocycles. The van der Waals surface area contributed by atoms with Gasteiger partial charge in [-0.3, -0.25) is 4.79 Å². The minimum atomic E-state index is -0.744. The lowest BCUT2D eigenvalue weighted by molar-refractivity contribution is -0.146. The predicted octanol–water partition coefficient (Wildman–Crippen LogP) is 3.46. The SMILES string of the molecule is CC(C)c1ccccc1CC(C)(C)C(=O)O.